The lowest BCUT2D eigenvalue weighted by atomic mass is 9.84. The van der Waals surface area contributed by atoms with Gasteiger partial charge in [-0.3, -0.25) is 4.79 Å². The maximum atomic E-state index is 11.9. The van der Waals surface area contributed by atoms with E-state index in [4.69, 9.17) is 0 Å². The van der Waals surface area contributed by atoms with Crippen LogP contribution in [0.4, 0.5) is 0 Å². The third-order valence-corrected chi connectivity index (χ3v) is 4.07. The van der Waals surface area contributed by atoms with Crippen molar-refractivity contribution in [3.05, 3.63) is 35.9 Å². The molecule has 1 aromatic rings. The molecule has 0 unspecified atom stereocenters. The van der Waals surface area contributed by atoms with Crippen molar-refractivity contribution in [1.82, 2.24) is 10.2 Å². The lowest BCUT2D eigenvalue weighted by Crippen LogP contribution is -2.57. The third-order valence-electron chi connectivity index (χ3n) is 4.07. The van der Waals surface area contributed by atoms with E-state index < -0.39 is 0 Å². The predicted octanol–water partition coefficient (Wildman–Crippen LogP) is 1.25. The number of rotatable bonds is 1. The number of carbonyl (C=O) groups is 1. The van der Waals surface area contributed by atoms with Gasteiger partial charge in [0.1, 0.15) is 0 Å². The highest BCUT2D eigenvalue weighted by Gasteiger charge is 2.34. The van der Waals surface area contributed by atoms with E-state index in [-0.39, 0.29) is 5.91 Å². The van der Waals surface area contributed by atoms with Crippen LogP contribution in [0.5, 0.6) is 0 Å². The summed E-state index contributed by atoms with van der Waals surface area (Å²) >= 11 is 0. The molecular weight excluding hydrogens is 236 g/mol. The number of piperidine rings is 3. The Labute approximate surface area is 114 Å². The van der Waals surface area contributed by atoms with E-state index in [9.17, 15) is 4.79 Å². The van der Waals surface area contributed by atoms with Gasteiger partial charge < -0.3 is 10.2 Å². The van der Waals surface area contributed by atoms with Crippen LogP contribution in [-0.4, -0.2) is 36.5 Å². The van der Waals surface area contributed by atoms with Gasteiger partial charge in [-0.15, -0.1) is 0 Å². The molecule has 3 saturated heterocycles. The highest BCUT2D eigenvalue weighted by molar-refractivity contribution is 5.94. The first kappa shape index (κ1) is 12.3. The fourth-order valence-electron chi connectivity index (χ4n) is 2.98. The molecule has 2 bridgehead atoms. The molecule has 0 radical (unpaired) electrons. The summed E-state index contributed by atoms with van der Waals surface area (Å²) in [4.78, 5) is 14.3. The van der Waals surface area contributed by atoms with Crippen molar-refractivity contribution in [3.63, 3.8) is 0 Å². The molecule has 0 saturated carbocycles. The Morgan fingerprint density at radius 1 is 1.21 bits per heavy atom. The molecule has 3 heterocycles. The van der Waals surface area contributed by atoms with Gasteiger partial charge in [0.15, 0.2) is 0 Å². The maximum absolute atomic E-state index is 11.9. The van der Waals surface area contributed by atoms with Crippen molar-refractivity contribution < 1.29 is 4.79 Å². The summed E-state index contributed by atoms with van der Waals surface area (Å²) in [5.41, 5.74) is 0.881. The lowest BCUT2D eigenvalue weighted by Gasteiger charge is -2.44. The minimum absolute atomic E-state index is 0.150. The number of carbonyl (C=O) groups excluding carboxylic acids is 1. The lowest BCUT2D eigenvalue weighted by molar-refractivity contribution is -0.117. The van der Waals surface area contributed by atoms with Gasteiger partial charge in [0.2, 0.25) is 0 Å². The van der Waals surface area contributed by atoms with E-state index in [1.807, 2.05) is 30.3 Å². The molecule has 0 aromatic heterocycles. The Morgan fingerprint density at radius 2 is 1.95 bits per heavy atom. The number of fused-ring (bicyclic) bond motifs is 3. The minimum atomic E-state index is -0.150. The van der Waals surface area contributed by atoms with Crippen molar-refractivity contribution in [2.75, 3.05) is 19.6 Å². The number of benzene rings is 1. The molecule has 19 heavy (non-hydrogen) atoms. The monoisotopic (exact) mass is 254 g/mol. The number of amides is 1. The Morgan fingerprint density at radius 3 is 2.58 bits per heavy atom. The van der Waals surface area contributed by atoms with Gasteiger partial charge in [0, 0.05) is 24.1 Å². The summed E-state index contributed by atoms with van der Waals surface area (Å²) in [6.45, 7) is 3.36. The molecule has 1 aromatic carbocycles. The summed E-state index contributed by atoms with van der Waals surface area (Å²) in [5, 5.41) is 3.07. The molecule has 0 spiro atoms. The third kappa shape index (κ3) is 2.97. The van der Waals surface area contributed by atoms with Crippen LogP contribution < -0.4 is 5.32 Å². The van der Waals surface area contributed by atoms with Gasteiger partial charge in [0.05, 0.1) is 0 Å². The molecule has 3 heteroatoms. The van der Waals surface area contributed by atoms with Gasteiger partial charge in [0.25, 0.3) is 5.91 Å². The van der Waals surface area contributed by atoms with Crippen LogP contribution in [0.2, 0.25) is 0 Å². The first-order valence-corrected chi connectivity index (χ1v) is 6.91. The summed E-state index contributed by atoms with van der Waals surface area (Å²) < 4.78 is 0. The van der Waals surface area contributed by atoms with E-state index in [0.29, 0.717) is 12.0 Å². The number of nitrogens with zero attached hydrogens (tertiary/aromatic N) is 1. The molecule has 98 valence electrons. The van der Waals surface area contributed by atoms with E-state index in [1.54, 1.807) is 0 Å². The van der Waals surface area contributed by atoms with E-state index in [0.717, 1.165) is 12.1 Å². The second-order valence-corrected chi connectivity index (χ2v) is 5.33. The summed E-state index contributed by atoms with van der Waals surface area (Å²) in [7, 11) is 0. The van der Waals surface area contributed by atoms with Gasteiger partial charge in [-0.05, 0) is 44.0 Å². The van der Waals surface area contributed by atoms with E-state index >= 15 is 0 Å². The highest BCUT2D eigenvalue weighted by Crippen LogP contribution is 2.27. The van der Waals surface area contributed by atoms with Gasteiger partial charge in [-0.25, -0.2) is 0 Å². The van der Waals surface area contributed by atoms with E-state index in [1.165, 1.54) is 25.9 Å². The zero-order valence-corrected chi connectivity index (χ0v) is 10.9. The number of nitrogens with one attached hydrogen (secondary N) is 1. The van der Waals surface area contributed by atoms with Crippen molar-refractivity contribution in [2.24, 2.45) is 5.92 Å². The Hall–Kier alpha value is -1.79. The van der Waals surface area contributed by atoms with Crippen molar-refractivity contribution in [3.8, 4) is 11.8 Å². The molecule has 4 rings (SSSR count). The number of hydrogen-bond donors (Lipinski definition) is 1. The summed E-state index contributed by atoms with van der Waals surface area (Å²) in [6.07, 6.45) is 2.41. The first-order chi connectivity index (χ1) is 9.31. The normalized spacial score (nSPS) is 28.3. The largest absolute Gasteiger partial charge is 0.341 e. The average molecular weight is 254 g/mol. The van der Waals surface area contributed by atoms with Crippen LogP contribution in [0, 0.1) is 17.8 Å². The standard InChI is InChI=1S/C16H18N2O/c19-16(7-6-13-4-2-1-3-5-13)17-15-12-18-10-8-14(15)9-11-18/h1-5,14-15H,8-12H2,(H,17,19)/t15-/m1/s1. The zero-order valence-electron chi connectivity index (χ0n) is 10.9. The molecule has 3 aliphatic heterocycles. The summed E-state index contributed by atoms with van der Waals surface area (Å²) in [6, 6.07) is 9.91. The average Bonchev–Trinajstić information content (AvgIpc) is 2.47. The fourth-order valence-corrected chi connectivity index (χ4v) is 2.98. The first-order valence-electron chi connectivity index (χ1n) is 6.91. The smallest absolute Gasteiger partial charge is 0.296 e. The van der Waals surface area contributed by atoms with Gasteiger partial charge >= 0.3 is 0 Å². The quantitative estimate of drug-likeness (QED) is 0.765. The fraction of sp³-hybridized carbons (Fsp3) is 0.438. The van der Waals surface area contributed by atoms with Gasteiger partial charge in [-0.2, -0.15) is 0 Å². The Kier molecular flexibility index (Phi) is 3.52. The van der Waals surface area contributed by atoms with Crippen LogP contribution in [0.1, 0.15) is 18.4 Å². The van der Waals surface area contributed by atoms with Crippen molar-refractivity contribution >= 4 is 5.91 Å². The topological polar surface area (TPSA) is 32.3 Å². The Balaban J connectivity index is 1.59. The van der Waals surface area contributed by atoms with Crippen molar-refractivity contribution in [2.45, 2.75) is 18.9 Å². The van der Waals surface area contributed by atoms with Crippen LogP contribution >= 0.6 is 0 Å². The molecule has 1 N–H and O–H groups in total. The second kappa shape index (κ2) is 5.46. The molecule has 3 nitrogen and oxygen atoms in total. The van der Waals surface area contributed by atoms with Crippen LogP contribution in [0.15, 0.2) is 30.3 Å². The summed E-state index contributed by atoms with van der Waals surface area (Å²) in [5.74, 6) is 6.09. The van der Waals surface area contributed by atoms with Crippen LogP contribution in [0.25, 0.3) is 0 Å². The molecule has 1 amide bonds. The predicted molar refractivity (Wildman–Crippen MR) is 74.4 cm³/mol. The van der Waals surface area contributed by atoms with E-state index in [2.05, 4.69) is 22.1 Å². The minimum Gasteiger partial charge on any atom is -0.341 e. The Bertz CT molecular complexity index is 507. The molecule has 3 fully saturated rings. The molecule has 1 atom stereocenters. The van der Waals surface area contributed by atoms with Crippen LogP contribution in [-0.2, 0) is 4.79 Å². The molecule has 0 aliphatic carbocycles. The molecular formula is C16H18N2O. The van der Waals surface area contributed by atoms with Crippen LogP contribution in [0.3, 0.4) is 0 Å². The number of hydrogen-bond acceptors (Lipinski definition) is 2. The SMILES string of the molecule is O=C(C#Cc1ccccc1)N[C@@H]1CN2CCC1CC2. The molecule has 3 aliphatic rings. The van der Waals surface area contributed by atoms with Crippen molar-refractivity contribution in [1.29, 1.82) is 0 Å². The highest BCUT2D eigenvalue weighted by atomic mass is 16.1. The maximum Gasteiger partial charge on any atom is 0.296 e. The zero-order chi connectivity index (χ0) is 13.1. The van der Waals surface area contributed by atoms with Gasteiger partial charge in [-0.1, -0.05) is 24.1 Å². The second-order valence-electron chi connectivity index (χ2n) is 5.33.